The van der Waals surface area contributed by atoms with E-state index in [-0.39, 0.29) is 5.56 Å². The highest BCUT2D eigenvalue weighted by atomic mass is 16.6. The van der Waals surface area contributed by atoms with Gasteiger partial charge < -0.3 is 9.80 Å². The van der Waals surface area contributed by atoms with Crippen LogP contribution in [0.15, 0.2) is 35.2 Å². The number of hydrogen-bond donors (Lipinski definition) is 2. The van der Waals surface area contributed by atoms with Crippen LogP contribution in [0.5, 0.6) is 0 Å². The second kappa shape index (κ2) is 5.11. The van der Waals surface area contributed by atoms with Crippen molar-refractivity contribution < 1.29 is 14.6 Å². The molecule has 5 rings (SSSR count). The monoisotopic (exact) mass is 339 g/mol. The molecule has 3 aromatic rings. The van der Waals surface area contributed by atoms with Gasteiger partial charge in [0, 0.05) is 25.5 Å². The highest BCUT2D eigenvalue weighted by Gasteiger charge is 2.53. The van der Waals surface area contributed by atoms with Gasteiger partial charge in [-0.3, -0.25) is 10.0 Å². The van der Waals surface area contributed by atoms with E-state index in [1.807, 2.05) is 18.2 Å². The van der Waals surface area contributed by atoms with E-state index in [4.69, 9.17) is 9.84 Å². The van der Waals surface area contributed by atoms with Crippen LogP contribution >= 0.6 is 0 Å². The summed E-state index contributed by atoms with van der Waals surface area (Å²) in [6.07, 6.45) is 2.80. The van der Waals surface area contributed by atoms with Crippen LogP contribution in [-0.2, 0) is 0 Å². The summed E-state index contributed by atoms with van der Waals surface area (Å²) >= 11 is 0. The molecule has 2 fully saturated rings. The minimum atomic E-state index is -0.628. The molecule has 126 valence electrons. The summed E-state index contributed by atoms with van der Waals surface area (Å²) in [5, 5.41) is 16.5. The first-order valence-electron chi connectivity index (χ1n) is 7.77. The second-order valence-electron chi connectivity index (χ2n) is 6.06. The zero-order valence-electron chi connectivity index (χ0n) is 12.9. The largest absolute Gasteiger partial charge is 0.361 e. The number of benzene rings is 1. The number of aromatic nitrogens is 4. The molecule has 10 nitrogen and oxygen atoms in total. The van der Waals surface area contributed by atoms with Crippen LogP contribution < -0.4 is 15.3 Å². The Hall–Kier alpha value is -3.27. The van der Waals surface area contributed by atoms with Crippen molar-refractivity contribution in [3.8, 4) is 0 Å². The molecule has 2 aliphatic rings. The number of rotatable bonds is 3. The first kappa shape index (κ1) is 14.1. The third-order valence-electron chi connectivity index (χ3n) is 4.85. The molecule has 2 atom stereocenters. The molecule has 2 unspecified atom stereocenters. The van der Waals surface area contributed by atoms with Crippen molar-refractivity contribution in [1.82, 2.24) is 25.8 Å². The molecule has 4 heterocycles. The SMILES string of the molecule is O=C(NO)c1cnc(N2CC3C2CN3c2cccc3nonc23)nc1. The van der Waals surface area contributed by atoms with Crippen LogP contribution in [0.1, 0.15) is 10.4 Å². The Morgan fingerprint density at radius 2 is 1.92 bits per heavy atom. The summed E-state index contributed by atoms with van der Waals surface area (Å²) in [5.74, 6) is -0.0473. The Labute approximate surface area is 141 Å². The van der Waals surface area contributed by atoms with Gasteiger partial charge in [0.2, 0.25) is 5.95 Å². The predicted octanol–water partition coefficient (Wildman–Crippen LogP) is 0.209. The van der Waals surface area contributed by atoms with Gasteiger partial charge >= 0.3 is 0 Å². The Morgan fingerprint density at radius 3 is 2.64 bits per heavy atom. The van der Waals surface area contributed by atoms with E-state index in [0.717, 1.165) is 29.8 Å². The number of carbonyl (C=O) groups is 1. The van der Waals surface area contributed by atoms with Crippen molar-refractivity contribution in [2.45, 2.75) is 12.1 Å². The van der Waals surface area contributed by atoms with Gasteiger partial charge in [-0.25, -0.2) is 20.1 Å². The van der Waals surface area contributed by atoms with E-state index >= 15 is 0 Å². The minimum Gasteiger partial charge on any atom is -0.361 e. The number of hydrogen-bond acceptors (Lipinski definition) is 9. The van der Waals surface area contributed by atoms with E-state index in [2.05, 4.69) is 30.1 Å². The summed E-state index contributed by atoms with van der Waals surface area (Å²) in [5.41, 5.74) is 4.32. The topological polar surface area (TPSA) is 121 Å². The van der Waals surface area contributed by atoms with Crippen LogP contribution in [0.2, 0.25) is 0 Å². The average Bonchev–Trinajstić information content (AvgIpc) is 3.12. The highest BCUT2D eigenvalue weighted by Crippen LogP contribution is 2.40. The molecule has 0 saturated carbocycles. The van der Waals surface area contributed by atoms with Crippen LogP contribution in [0.4, 0.5) is 11.6 Å². The molecule has 10 heteroatoms. The average molecular weight is 339 g/mol. The van der Waals surface area contributed by atoms with Gasteiger partial charge in [-0.05, 0) is 22.4 Å². The quantitative estimate of drug-likeness (QED) is 0.509. The van der Waals surface area contributed by atoms with E-state index in [1.54, 1.807) is 5.48 Å². The molecule has 2 aromatic heterocycles. The molecule has 0 spiro atoms. The fourth-order valence-corrected chi connectivity index (χ4v) is 3.44. The third kappa shape index (κ3) is 1.97. The van der Waals surface area contributed by atoms with Crippen molar-refractivity contribution >= 4 is 28.6 Å². The Morgan fingerprint density at radius 1 is 1.16 bits per heavy atom. The molecular weight excluding hydrogens is 326 g/mol. The number of amides is 1. The summed E-state index contributed by atoms with van der Waals surface area (Å²) in [6.45, 7) is 1.62. The van der Waals surface area contributed by atoms with E-state index in [0.29, 0.717) is 18.0 Å². The zero-order chi connectivity index (χ0) is 17.0. The maximum Gasteiger partial charge on any atom is 0.277 e. The summed E-state index contributed by atoms with van der Waals surface area (Å²) in [6, 6.07) is 6.53. The Bertz CT molecular complexity index is 957. The fraction of sp³-hybridized carbons (Fsp3) is 0.267. The van der Waals surface area contributed by atoms with Gasteiger partial charge in [-0.1, -0.05) is 6.07 Å². The van der Waals surface area contributed by atoms with Gasteiger partial charge in [0.1, 0.15) is 5.52 Å². The van der Waals surface area contributed by atoms with Crippen LogP contribution in [0.25, 0.3) is 11.0 Å². The first-order chi connectivity index (χ1) is 12.3. The van der Waals surface area contributed by atoms with Crippen LogP contribution in [0, 0.1) is 0 Å². The van der Waals surface area contributed by atoms with Crippen molar-refractivity contribution in [3.05, 3.63) is 36.2 Å². The van der Waals surface area contributed by atoms with Crippen molar-refractivity contribution in [3.63, 3.8) is 0 Å². The number of carbonyl (C=O) groups excluding carboxylic acids is 1. The lowest BCUT2D eigenvalue weighted by Crippen LogP contribution is -2.79. The molecule has 0 radical (unpaired) electrons. The lowest BCUT2D eigenvalue weighted by atomic mass is 9.85. The van der Waals surface area contributed by atoms with Gasteiger partial charge in [0.15, 0.2) is 5.52 Å². The fourth-order valence-electron chi connectivity index (χ4n) is 3.44. The van der Waals surface area contributed by atoms with Gasteiger partial charge in [0.05, 0.1) is 23.3 Å². The summed E-state index contributed by atoms with van der Waals surface area (Å²) < 4.78 is 4.83. The van der Waals surface area contributed by atoms with Crippen molar-refractivity contribution in [2.24, 2.45) is 0 Å². The van der Waals surface area contributed by atoms with Gasteiger partial charge in [-0.2, -0.15) is 0 Å². The molecule has 2 saturated heterocycles. The molecule has 1 amide bonds. The van der Waals surface area contributed by atoms with Gasteiger partial charge in [-0.15, -0.1) is 0 Å². The van der Waals surface area contributed by atoms with E-state index in [1.165, 1.54) is 12.4 Å². The maximum absolute atomic E-state index is 11.3. The highest BCUT2D eigenvalue weighted by molar-refractivity contribution is 5.92. The standard InChI is InChI=1S/C15H13N7O3/c23-14(18-24)8-4-16-15(17-5-8)22-7-11-12(22)6-21(11)10-3-1-2-9-13(10)20-25-19-9/h1-5,11-12,24H,6-7H2,(H,18,23). The van der Waals surface area contributed by atoms with Crippen LogP contribution in [-0.4, -0.2) is 56.6 Å². The predicted molar refractivity (Wildman–Crippen MR) is 85.4 cm³/mol. The molecule has 0 bridgehead atoms. The maximum atomic E-state index is 11.3. The molecule has 2 aliphatic heterocycles. The molecule has 1 aromatic carbocycles. The molecule has 2 N–H and O–H groups in total. The number of nitrogens with zero attached hydrogens (tertiary/aromatic N) is 6. The molecule has 0 aliphatic carbocycles. The number of piperazine rings is 1. The third-order valence-corrected chi connectivity index (χ3v) is 4.85. The molecular formula is C15H13N7O3. The van der Waals surface area contributed by atoms with E-state index in [9.17, 15) is 4.79 Å². The van der Waals surface area contributed by atoms with Gasteiger partial charge in [0.25, 0.3) is 5.91 Å². The van der Waals surface area contributed by atoms with E-state index < -0.39 is 5.91 Å². The zero-order valence-corrected chi connectivity index (χ0v) is 12.9. The van der Waals surface area contributed by atoms with Crippen molar-refractivity contribution in [1.29, 1.82) is 0 Å². The lowest BCUT2D eigenvalue weighted by Gasteiger charge is -2.62. The first-order valence-corrected chi connectivity index (χ1v) is 7.77. The Balaban J connectivity index is 1.32. The number of hydroxylamine groups is 1. The minimum absolute atomic E-state index is 0.212. The second-order valence-corrected chi connectivity index (χ2v) is 6.06. The summed E-state index contributed by atoms with van der Waals surface area (Å²) in [7, 11) is 0. The molecule has 25 heavy (non-hydrogen) atoms. The lowest BCUT2D eigenvalue weighted by molar-refractivity contribution is 0.0705. The number of anilines is 2. The normalized spacial score (nSPS) is 21.5. The van der Waals surface area contributed by atoms with Crippen LogP contribution in [0.3, 0.4) is 0 Å². The number of fused-ring (bicyclic) bond motifs is 2. The van der Waals surface area contributed by atoms with Crippen molar-refractivity contribution in [2.75, 3.05) is 22.9 Å². The summed E-state index contributed by atoms with van der Waals surface area (Å²) in [4.78, 5) is 24.1. The smallest absolute Gasteiger partial charge is 0.277 e. The number of nitrogens with one attached hydrogen (secondary N) is 1. The Kier molecular flexibility index (Phi) is 2.88.